The minimum absolute atomic E-state index is 0.364. The number of carboxylic acid groups (broad SMARTS) is 1. The molecule has 4 N–H and O–H groups in total. The van der Waals surface area contributed by atoms with Crippen molar-refractivity contribution in [1.82, 2.24) is 10.2 Å². The van der Waals surface area contributed by atoms with Crippen LogP contribution in [0, 0.1) is 5.92 Å². The molecule has 22 heavy (non-hydrogen) atoms. The van der Waals surface area contributed by atoms with Crippen LogP contribution in [0.5, 0.6) is 0 Å². The lowest BCUT2D eigenvalue weighted by atomic mass is 9.83. The van der Waals surface area contributed by atoms with Gasteiger partial charge in [-0.05, 0) is 64.0 Å². The van der Waals surface area contributed by atoms with Crippen LogP contribution in [-0.4, -0.2) is 54.2 Å². The number of carboxylic acids is 1. The van der Waals surface area contributed by atoms with Crippen LogP contribution in [0.1, 0.15) is 58.8 Å². The minimum Gasteiger partial charge on any atom is -0.480 e. The average Bonchev–Trinajstić information content (AvgIpc) is 2.50. The zero-order valence-electron chi connectivity index (χ0n) is 14.4. The molecule has 0 heterocycles. The molecule has 0 spiro atoms. The fourth-order valence-electron chi connectivity index (χ4n) is 3.33. The van der Waals surface area contributed by atoms with Gasteiger partial charge in [0.25, 0.3) is 0 Å². The van der Waals surface area contributed by atoms with Gasteiger partial charge in [-0.3, -0.25) is 4.79 Å². The van der Waals surface area contributed by atoms with E-state index in [-0.39, 0.29) is 0 Å². The SMILES string of the molecule is CCCN(CC)CCNC(CCC1CCC(N)CC1)C(=O)O. The molecule has 0 amide bonds. The van der Waals surface area contributed by atoms with Crippen molar-refractivity contribution in [2.75, 3.05) is 26.2 Å². The predicted octanol–water partition coefficient (Wildman–Crippen LogP) is 2.06. The Morgan fingerprint density at radius 1 is 1.27 bits per heavy atom. The number of nitrogens with one attached hydrogen (secondary N) is 1. The molecule has 1 saturated carbocycles. The van der Waals surface area contributed by atoms with Gasteiger partial charge in [0.2, 0.25) is 0 Å². The fourth-order valence-corrected chi connectivity index (χ4v) is 3.33. The van der Waals surface area contributed by atoms with E-state index in [0.29, 0.717) is 12.0 Å². The van der Waals surface area contributed by atoms with Crippen molar-refractivity contribution in [1.29, 1.82) is 0 Å². The summed E-state index contributed by atoms with van der Waals surface area (Å²) >= 11 is 0. The number of hydrogen-bond acceptors (Lipinski definition) is 4. The molecule has 5 nitrogen and oxygen atoms in total. The first-order valence-electron chi connectivity index (χ1n) is 9.00. The van der Waals surface area contributed by atoms with Gasteiger partial charge in [-0.1, -0.05) is 13.8 Å². The number of nitrogens with two attached hydrogens (primary N) is 1. The Bertz CT molecular complexity index is 304. The maximum absolute atomic E-state index is 11.4. The summed E-state index contributed by atoms with van der Waals surface area (Å²) < 4.78 is 0. The molecule has 0 saturated heterocycles. The molecule has 1 aliphatic rings. The molecular formula is C17H35N3O2. The lowest BCUT2D eigenvalue weighted by Crippen LogP contribution is -2.42. The van der Waals surface area contributed by atoms with Gasteiger partial charge in [0, 0.05) is 19.1 Å². The maximum atomic E-state index is 11.4. The maximum Gasteiger partial charge on any atom is 0.320 e. The van der Waals surface area contributed by atoms with E-state index in [2.05, 4.69) is 24.1 Å². The number of nitrogens with zero attached hydrogens (tertiary/aromatic N) is 1. The number of likely N-dealkylation sites (N-methyl/N-ethyl adjacent to an activating group) is 1. The van der Waals surface area contributed by atoms with E-state index in [9.17, 15) is 9.90 Å². The van der Waals surface area contributed by atoms with Gasteiger partial charge in [-0.2, -0.15) is 0 Å². The zero-order valence-corrected chi connectivity index (χ0v) is 14.4. The topological polar surface area (TPSA) is 78.6 Å². The second-order valence-electron chi connectivity index (χ2n) is 6.64. The van der Waals surface area contributed by atoms with Crippen LogP contribution in [0.15, 0.2) is 0 Å². The molecule has 1 rings (SSSR count). The molecule has 0 radical (unpaired) electrons. The van der Waals surface area contributed by atoms with Crippen molar-refractivity contribution in [3.63, 3.8) is 0 Å². The average molecular weight is 313 g/mol. The molecule has 0 aromatic heterocycles. The zero-order chi connectivity index (χ0) is 16.4. The Morgan fingerprint density at radius 3 is 2.50 bits per heavy atom. The van der Waals surface area contributed by atoms with Crippen molar-refractivity contribution >= 4 is 5.97 Å². The van der Waals surface area contributed by atoms with Gasteiger partial charge in [-0.25, -0.2) is 0 Å². The van der Waals surface area contributed by atoms with Crippen molar-refractivity contribution < 1.29 is 9.90 Å². The lowest BCUT2D eigenvalue weighted by Gasteiger charge is -2.27. The van der Waals surface area contributed by atoms with E-state index in [1.807, 2.05) is 0 Å². The first kappa shape index (κ1) is 19.4. The fraction of sp³-hybridized carbons (Fsp3) is 0.941. The molecule has 1 aliphatic carbocycles. The minimum atomic E-state index is -0.717. The molecule has 130 valence electrons. The Kier molecular flexibility index (Phi) is 9.68. The number of carbonyl (C=O) groups is 1. The van der Waals surface area contributed by atoms with Crippen LogP contribution in [0.4, 0.5) is 0 Å². The third-order valence-corrected chi connectivity index (χ3v) is 4.86. The van der Waals surface area contributed by atoms with Crippen molar-refractivity contribution in [3.05, 3.63) is 0 Å². The molecular weight excluding hydrogens is 278 g/mol. The van der Waals surface area contributed by atoms with E-state index in [1.54, 1.807) is 0 Å². The highest BCUT2D eigenvalue weighted by molar-refractivity contribution is 5.73. The van der Waals surface area contributed by atoms with Crippen LogP contribution in [0.25, 0.3) is 0 Å². The first-order valence-corrected chi connectivity index (χ1v) is 9.00. The predicted molar refractivity (Wildman–Crippen MR) is 91.0 cm³/mol. The van der Waals surface area contributed by atoms with Gasteiger partial charge < -0.3 is 21.1 Å². The Hall–Kier alpha value is -0.650. The highest BCUT2D eigenvalue weighted by atomic mass is 16.4. The third kappa shape index (κ3) is 7.56. The molecule has 5 heteroatoms. The van der Waals surface area contributed by atoms with Gasteiger partial charge in [0.05, 0.1) is 0 Å². The second kappa shape index (κ2) is 11.0. The molecule has 0 bridgehead atoms. The third-order valence-electron chi connectivity index (χ3n) is 4.86. The van der Waals surface area contributed by atoms with E-state index >= 15 is 0 Å². The summed E-state index contributed by atoms with van der Waals surface area (Å²) in [4.78, 5) is 13.8. The molecule has 1 fully saturated rings. The molecule has 0 aromatic rings. The van der Waals surface area contributed by atoms with E-state index < -0.39 is 12.0 Å². The van der Waals surface area contributed by atoms with Crippen LogP contribution in [-0.2, 0) is 4.79 Å². The number of aliphatic carboxylic acids is 1. The summed E-state index contributed by atoms with van der Waals surface area (Å²) in [6.45, 7) is 8.10. The van der Waals surface area contributed by atoms with E-state index in [4.69, 9.17) is 5.73 Å². The molecule has 0 aromatic carbocycles. The van der Waals surface area contributed by atoms with Gasteiger partial charge >= 0.3 is 5.97 Å². The van der Waals surface area contributed by atoms with Crippen molar-refractivity contribution in [2.24, 2.45) is 11.7 Å². The molecule has 1 atom stereocenters. The normalized spacial score (nSPS) is 23.6. The Morgan fingerprint density at radius 2 is 1.95 bits per heavy atom. The van der Waals surface area contributed by atoms with E-state index in [1.165, 1.54) is 0 Å². The second-order valence-corrected chi connectivity index (χ2v) is 6.64. The van der Waals surface area contributed by atoms with Crippen LogP contribution in [0.2, 0.25) is 0 Å². The quantitative estimate of drug-likeness (QED) is 0.544. The van der Waals surface area contributed by atoms with Crippen LogP contribution >= 0.6 is 0 Å². The van der Waals surface area contributed by atoms with Crippen LogP contribution < -0.4 is 11.1 Å². The van der Waals surface area contributed by atoms with Crippen molar-refractivity contribution in [2.45, 2.75) is 70.9 Å². The lowest BCUT2D eigenvalue weighted by molar-refractivity contribution is -0.139. The van der Waals surface area contributed by atoms with Crippen molar-refractivity contribution in [3.8, 4) is 0 Å². The molecule has 0 aliphatic heterocycles. The van der Waals surface area contributed by atoms with Gasteiger partial charge in [0.1, 0.15) is 6.04 Å². The monoisotopic (exact) mass is 313 g/mol. The summed E-state index contributed by atoms with van der Waals surface area (Å²) in [6.07, 6.45) is 7.39. The number of hydrogen-bond donors (Lipinski definition) is 3. The molecule has 1 unspecified atom stereocenters. The largest absolute Gasteiger partial charge is 0.480 e. The summed E-state index contributed by atoms with van der Waals surface area (Å²) in [6, 6.07) is -0.0424. The van der Waals surface area contributed by atoms with Gasteiger partial charge in [0.15, 0.2) is 0 Å². The summed E-state index contributed by atoms with van der Waals surface area (Å²) in [7, 11) is 0. The summed E-state index contributed by atoms with van der Waals surface area (Å²) in [5.74, 6) is -0.0540. The van der Waals surface area contributed by atoms with Crippen LogP contribution in [0.3, 0.4) is 0 Å². The highest BCUT2D eigenvalue weighted by Crippen LogP contribution is 2.27. The smallest absolute Gasteiger partial charge is 0.320 e. The highest BCUT2D eigenvalue weighted by Gasteiger charge is 2.22. The Labute approximate surface area is 135 Å². The first-order chi connectivity index (χ1) is 10.6. The Balaban J connectivity index is 2.25. The summed E-state index contributed by atoms with van der Waals surface area (Å²) in [5, 5.41) is 12.6. The summed E-state index contributed by atoms with van der Waals surface area (Å²) in [5.41, 5.74) is 5.92. The number of rotatable bonds is 11. The standard InChI is InChI=1S/C17H35N3O2/c1-3-12-20(4-2)13-11-19-16(17(21)22)10-7-14-5-8-15(18)9-6-14/h14-16,19H,3-13,18H2,1-2H3,(H,21,22). The van der Waals surface area contributed by atoms with Gasteiger partial charge in [-0.15, -0.1) is 0 Å². The van der Waals surface area contributed by atoms with E-state index in [0.717, 1.165) is 71.1 Å².